The second-order valence-corrected chi connectivity index (χ2v) is 7.50. The van der Waals surface area contributed by atoms with E-state index in [1.165, 1.54) is 6.42 Å². The SMILES string of the molecule is CCC[C@@H]1CN(CC(=O)NCc2cc(C(=O)O)ccc2C)C[C@H]1N(C)C. The van der Waals surface area contributed by atoms with Crippen LogP contribution in [0.25, 0.3) is 0 Å². The topological polar surface area (TPSA) is 72.9 Å². The van der Waals surface area contributed by atoms with Gasteiger partial charge in [-0.1, -0.05) is 19.4 Å². The molecule has 2 rings (SSSR count). The number of carboxylic acids is 1. The second-order valence-electron chi connectivity index (χ2n) is 7.50. The van der Waals surface area contributed by atoms with Gasteiger partial charge in [0.05, 0.1) is 12.1 Å². The van der Waals surface area contributed by atoms with E-state index in [9.17, 15) is 9.59 Å². The molecular formula is C20H31N3O3. The van der Waals surface area contributed by atoms with Gasteiger partial charge in [0.1, 0.15) is 0 Å². The summed E-state index contributed by atoms with van der Waals surface area (Å²) in [6.45, 7) is 6.74. The first-order chi connectivity index (χ1) is 12.3. The molecule has 6 nitrogen and oxygen atoms in total. The van der Waals surface area contributed by atoms with Crippen LogP contribution in [0.5, 0.6) is 0 Å². The summed E-state index contributed by atoms with van der Waals surface area (Å²) >= 11 is 0. The zero-order valence-electron chi connectivity index (χ0n) is 16.3. The van der Waals surface area contributed by atoms with E-state index in [1.807, 2.05) is 6.92 Å². The lowest BCUT2D eigenvalue weighted by atomic mass is 9.98. The van der Waals surface area contributed by atoms with E-state index < -0.39 is 5.97 Å². The number of carboxylic acid groups (broad SMARTS) is 1. The molecule has 144 valence electrons. The number of aromatic carboxylic acids is 1. The lowest BCUT2D eigenvalue weighted by molar-refractivity contribution is -0.122. The molecule has 26 heavy (non-hydrogen) atoms. The fraction of sp³-hybridized carbons (Fsp3) is 0.600. The minimum Gasteiger partial charge on any atom is -0.478 e. The van der Waals surface area contributed by atoms with Crippen molar-refractivity contribution >= 4 is 11.9 Å². The van der Waals surface area contributed by atoms with Crippen LogP contribution in [0.2, 0.25) is 0 Å². The van der Waals surface area contributed by atoms with Crippen LogP contribution in [-0.4, -0.2) is 66.6 Å². The number of likely N-dealkylation sites (N-methyl/N-ethyl adjacent to an activating group) is 1. The minimum atomic E-state index is -0.952. The third-order valence-electron chi connectivity index (χ3n) is 5.24. The average molecular weight is 361 g/mol. The summed E-state index contributed by atoms with van der Waals surface area (Å²) in [5, 5.41) is 12.0. The van der Waals surface area contributed by atoms with Crippen LogP contribution in [0.1, 0.15) is 41.3 Å². The molecule has 0 spiro atoms. The molecule has 1 aromatic rings. The fourth-order valence-corrected chi connectivity index (χ4v) is 3.76. The molecule has 1 fully saturated rings. The van der Waals surface area contributed by atoms with E-state index in [2.05, 4.69) is 36.1 Å². The Bertz CT molecular complexity index is 645. The number of benzene rings is 1. The van der Waals surface area contributed by atoms with Gasteiger partial charge in [0.2, 0.25) is 5.91 Å². The van der Waals surface area contributed by atoms with Gasteiger partial charge in [-0.25, -0.2) is 4.79 Å². The van der Waals surface area contributed by atoms with Crippen molar-refractivity contribution in [2.24, 2.45) is 5.92 Å². The molecule has 1 aliphatic rings. The maximum Gasteiger partial charge on any atom is 0.335 e. The number of nitrogens with zero attached hydrogens (tertiary/aromatic N) is 2. The quantitative estimate of drug-likeness (QED) is 0.741. The third-order valence-corrected chi connectivity index (χ3v) is 5.24. The highest BCUT2D eigenvalue weighted by atomic mass is 16.4. The van der Waals surface area contributed by atoms with Crippen molar-refractivity contribution in [3.05, 3.63) is 34.9 Å². The van der Waals surface area contributed by atoms with E-state index in [-0.39, 0.29) is 11.5 Å². The van der Waals surface area contributed by atoms with Gasteiger partial charge in [0.25, 0.3) is 0 Å². The molecule has 0 saturated carbocycles. The molecule has 1 saturated heterocycles. The van der Waals surface area contributed by atoms with Crippen LogP contribution in [0.15, 0.2) is 18.2 Å². The Morgan fingerprint density at radius 1 is 1.31 bits per heavy atom. The van der Waals surface area contributed by atoms with E-state index in [0.29, 0.717) is 25.0 Å². The number of carbonyl (C=O) groups is 2. The van der Waals surface area contributed by atoms with Crippen molar-refractivity contribution in [1.82, 2.24) is 15.1 Å². The van der Waals surface area contributed by atoms with Gasteiger partial charge in [0, 0.05) is 25.7 Å². The van der Waals surface area contributed by atoms with Gasteiger partial charge in [-0.3, -0.25) is 9.69 Å². The van der Waals surface area contributed by atoms with Crippen LogP contribution >= 0.6 is 0 Å². The van der Waals surface area contributed by atoms with Crippen LogP contribution in [0, 0.1) is 12.8 Å². The Kier molecular flexibility index (Phi) is 7.17. The Morgan fingerprint density at radius 3 is 2.65 bits per heavy atom. The largest absolute Gasteiger partial charge is 0.478 e. The molecule has 2 atom stereocenters. The summed E-state index contributed by atoms with van der Waals surface area (Å²) in [5.41, 5.74) is 2.07. The second kappa shape index (κ2) is 9.14. The minimum absolute atomic E-state index is 0.0141. The molecule has 0 aromatic heterocycles. The van der Waals surface area contributed by atoms with Crippen molar-refractivity contribution in [3.63, 3.8) is 0 Å². The molecule has 1 heterocycles. The highest BCUT2D eigenvalue weighted by Crippen LogP contribution is 2.24. The summed E-state index contributed by atoms with van der Waals surface area (Å²) in [6, 6.07) is 5.50. The molecule has 6 heteroatoms. The lowest BCUT2D eigenvalue weighted by Crippen LogP contribution is -2.38. The summed E-state index contributed by atoms with van der Waals surface area (Å²) in [4.78, 5) is 28.0. The van der Waals surface area contributed by atoms with Gasteiger partial charge in [-0.15, -0.1) is 0 Å². The highest BCUT2D eigenvalue weighted by molar-refractivity contribution is 5.88. The normalized spacial score (nSPS) is 20.5. The van der Waals surface area contributed by atoms with Gasteiger partial charge in [-0.05, 0) is 56.6 Å². The van der Waals surface area contributed by atoms with Gasteiger partial charge < -0.3 is 15.3 Å². The number of likely N-dealkylation sites (tertiary alicyclic amines) is 1. The smallest absolute Gasteiger partial charge is 0.335 e. The summed E-state index contributed by atoms with van der Waals surface area (Å²) < 4.78 is 0. The average Bonchev–Trinajstić information content (AvgIpc) is 2.97. The molecule has 0 radical (unpaired) electrons. The Morgan fingerprint density at radius 2 is 2.04 bits per heavy atom. The first-order valence-electron chi connectivity index (χ1n) is 9.30. The third kappa shape index (κ3) is 5.29. The van der Waals surface area contributed by atoms with Crippen molar-refractivity contribution in [3.8, 4) is 0 Å². The molecule has 2 N–H and O–H groups in total. The lowest BCUT2D eigenvalue weighted by Gasteiger charge is -2.24. The standard InChI is InChI=1S/C20H31N3O3/c1-5-6-16-11-23(12-18(16)22(3)4)13-19(24)21-10-17-9-15(20(25)26)8-7-14(17)2/h7-9,16,18H,5-6,10-13H2,1-4H3,(H,21,24)(H,25,26)/t16-,18-/m1/s1. The molecule has 0 bridgehead atoms. The van der Waals surface area contributed by atoms with Crippen LogP contribution in [0.4, 0.5) is 0 Å². The maximum absolute atomic E-state index is 12.4. The number of carbonyl (C=O) groups excluding carboxylic acids is 1. The molecule has 1 aromatic carbocycles. The zero-order chi connectivity index (χ0) is 19.3. The Hall–Kier alpha value is -1.92. The number of nitrogens with one attached hydrogen (secondary N) is 1. The molecule has 0 aliphatic carbocycles. The number of hydrogen-bond acceptors (Lipinski definition) is 4. The summed E-state index contributed by atoms with van der Waals surface area (Å²) in [7, 11) is 4.21. The van der Waals surface area contributed by atoms with Crippen LogP contribution in [-0.2, 0) is 11.3 Å². The highest BCUT2D eigenvalue weighted by Gasteiger charge is 2.33. The van der Waals surface area contributed by atoms with Crippen molar-refractivity contribution in [1.29, 1.82) is 0 Å². The first kappa shape index (κ1) is 20.4. The molecular weight excluding hydrogens is 330 g/mol. The predicted octanol–water partition coefficient (Wildman–Crippen LogP) is 1.97. The summed E-state index contributed by atoms with van der Waals surface area (Å²) in [5.74, 6) is -0.358. The summed E-state index contributed by atoms with van der Waals surface area (Å²) in [6.07, 6.45) is 2.34. The van der Waals surface area contributed by atoms with Crippen molar-refractivity contribution in [2.75, 3.05) is 33.7 Å². The monoisotopic (exact) mass is 361 g/mol. The molecule has 1 aliphatic heterocycles. The van der Waals surface area contributed by atoms with Crippen molar-refractivity contribution in [2.45, 2.75) is 39.3 Å². The van der Waals surface area contributed by atoms with Gasteiger partial charge in [-0.2, -0.15) is 0 Å². The van der Waals surface area contributed by atoms with E-state index in [0.717, 1.165) is 30.6 Å². The van der Waals surface area contributed by atoms with E-state index >= 15 is 0 Å². The van der Waals surface area contributed by atoms with Gasteiger partial charge >= 0.3 is 5.97 Å². The number of amides is 1. The van der Waals surface area contributed by atoms with Crippen LogP contribution < -0.4 is 5.32 Å². The first-order valence-corrected chi connectivity index (χ1v) is 9.30. The molecule has 1 amide bonds. The van der Waals surface area contributed by atoms with E-state index in [4.69, 9.17) is 5.11 Å². The van der Waals surface area contributed by atoms with E-state index in [1.54, 1.807) is 18.2 Å². The maximum atomic E-state index is 12.4. The van der Waals surface area contributed by atoms with Gasteiger partial charge in [0.15, 0.2) is 0 Å². The zero-order valence-corrected chi connectivity index (χ0v) is 16.3. The number of rotatable bonds is 8. The van der Waals surface area contributed by atoms with Crippen LogP contribution in [0.3, 0.4) is 0 Å². The van der Waals surface area contributed by atoms with Crippen molar-refractivity contribution < 1.29 is 14.7 Å². The predicted molar refractivity (Wildman–Crippen MR) is 102 cm³/mol. The number of hydrogen-bond donors (Lipinski definition) is 2. The Balaban J connectivity index is 1.89. The fourth-order valence-electron chi connectivity index (χ4n) is 3.76. The molecule has 0 unspecified atom stereocenters. The Labute approximate surface area is 156 Å². The number of aryl methyl sites for hydroxylation is 1.